The second kappa shape index (κ2) is 7.41. The van der Waals surface area contributed by atoms with E-state index in [0.717, 1.165) is 16.8 Å². The molecule has 0 aliphatic heterocycles. The maximum absolute atomic E-state index is 13.4. The summed E-state index contributed by atoms with van der Waals surface area (Å²) in [6.45, 7) is 2.03. The van der Waals surface area contributed by atoms with Crippen molar-refractivity contribution in [2.24, 2.45) is 0 Å². The number of anilines is 1. The van der Waals surface area contributed by atoms with E-state index in [9.17, 15) is 4.39 Å². The molecule has 4 rings (SSSR count). The molecule has 5 heteroatoms. The van der Waals surface area contributed by atoms with Gasteiger partial charge in [0.2, 0.25) is 11.8 Å². The van der Waals surface area contributed by atoms with Crippen LogP contribution < -0.4 is 5.32 Å². The van der Waals surface area contributed by atoms with Crippen LogP contribution in [0.4, 0.5) is 10.1 Å². The largest absolute Gasteiger partial charge is 0.418 e. The highest BCUT2D eigenvalue weighted by atomic mass is 19.1. The van der Waals surface area contributed by atoms with Crippen molar-refractivity contribution in [2.45, 2.75) is 13.0 Å². The Morgan fingerprint density at radius 3 is 2.26 bits per heavy atom. The third kappa shape index (κ3) is 3.87. The van der Waals surface area contributed by atoms with Gasteiger partial charge in [-0.05, 0) is 48.9 Å². The summed E-state index contributed by atoms with van der Waals surface area (Å²) in [5, 5.41) is 11.8. The first kappa shape index (κ1) is 17.0. The van der Waals surface area contributed by atoms with Crippen molar-refractivity contribution >= 4 is 5.69 Å². The van der Waals surface area contributed by atoms with Crippen LogP contribution in [0.25, 0.3) is 11.5 Å². The molecule has 4 aromatic rings. The molecule has 0 bridgehead atoms. The van der Waals surface area contributed by atoms with Gasteiger partial charge in [0.1, 0.15) is 11.9 Å². The van der Waals surface area contributed by atoms with Gasteiger partial charge in [0.05, 0.1) is 0 Å². The number of hydrogen-bond donors (Lipinski definition) is 1. The van der Waals surface area contributed by atoms with Crippen LogP contribution in [-0.4, -0.2) is 10.2 Å². The highest BCUT2D eigenvalue weighted by Crippen LogP contribution is 2.28. The first-order valence-electron chi connectivity index (χ1n) is 8.66. The maximum atomic E-state index is 13.4. The molecule has 134 valence electrons. The standard InChI is InChI=1S/C22H18FN3O/c1-15-7-13-19(14-8-15)24-20(16-9-11-18(23)12-10-16)22-26-25-21(27-22)17-5-3-2-4-6-17/h2-14,20,24H,1H3. The fraction of sp³-hybridized carbons (Fsp3) is 0.0909. The summed E-state index contributed by atoms with van der Waals surface area (Å²) < 4.78 is 19.3. The predicted molar refractivity (Wildman–Crippen MR) is 103 cm³/mol. The van der Waals surface area contributed by atoms with Crippen molar-refractivity contribution in [3.63, 3.8) is 0 Å². The summed E-state index contributed by atoms with van der Waals surface area (Å²) in [6, 6.07) is 23.5. The lowest BCUT2D eigenvalue weighted by molar-refractivity contribution is 0.494. The van der Waals surface area contributed by atoms with Crippen molar-refractivity contribution in [2.75, 3.05) is 5.32 Å². The molecule has 1 atom stereocenters. The molecule has 27 heavy (non-hydrogen) atoms. The molecule has 0 saturated carbocycles. The fourth-order valence-corrected chi connectivity index (χ4v) is 2.81. The normalized spacial score (nSPS) is 11.9. The number of aromatic nitrogens is 2. The zero-order valence-electron chi connectivity index (χ0n) is 14.8. The molecule has 1 aromatic heterocycles. The van der Waals surface area contributed by atoms with Gasteiger partial charge in [-0.25, -0.2) is 4.39 Å². The zero-order valence-corrected chi connectivity index (χ0v) is 14.8. The van der Waals surface area contributed by atoms with Gasteiger partial charge in [0.25, 0.3) is 0 Å². The van der Waals surface area contributed by atoms with Gasteiger partial charge in [-0.15, -0.1) is 10.2 Å². The number of rotatable bonds is 5. The number of benzene rings is 3. The fourth-order valence-electron chi connectivity index (χ4n) is 2.81. The zero-order chi connectivity index (χ0) is 18.6. The Labute approximate surface area is 156 Å². The summed E-state index contributed by atoms with van der Waals surface area (Å²) in [5.74, 6) is 0.577. The lowest BCUT2D eigenvalue weighted by Gasteiger charge is -2.17. The number of nitrogens with one attached hydrogen (secondary N) is 1. The van der Waals surface area contributed by atoms with Crippen molar-refractivity contribution in [1.82, 2.24) is 10.2 Å². The van der Waals surface area contributed by atoms with Gasteiger partial charge in [-0.1, -0.05) is 48.0 Å². The Balaban J connectivity index is 1.70. The summed E-state index contributed by atoms with van der Waals surface area (Å²) in [5.41, 5.74) is 3.77. The van der Waals surface area contributed by atoms with Crippen LogP contribution in [0.2, 0.25) is 0 Å². The molecule has 0 spiro atoms. The van der Waals surface area contributed by atoms with E-state index >= 15 is 0 Å². The van der Waals surface area contributed by atoms with Crippen LogP contribution >= 0.6 is 0 Å². The number of aryl methyl sites for hydroxylation is 1. The average molecular weight is 359 g/mol. The second-order valence-electron chi connectivity index (χ2n) is 6.31. The Bertz CT molecular complexity index is 1010. The molecule has 0 aliphatic rings. The molecular weight excluding hydrogens is 341 g/mol. The molecule has 0 saturated heterocycles. The Kier molecular flexibility index (Phi) is 4.66. The van der Waals surface area contributed by atoms with Crippen LogP contribution in [0.15, 0.2) is 83.3 Å². The van der Waals surface area contributed by atoms with Crippen LogP contribution in [-0.2, 0) is 0 Å². The molecule has 0 radical (unpaired) electrons. The van der Waals surface area contributed by atoms with Gasteiger partial charge in [-0.3, -0.25) is 0 Å². The van der Waals surface area contributed by atoms with E-state index in [1.807, 2.05) is 61.5 Å². The molecule has 4 nitrogen and oxygen atoms in total. The molecule has 1 N–H and O–H groups in total. The summed E-state index contributed by atoms with van der Waals surface area (Å²) in [6.07, 6.45) is 0. The lowest BCUT2D eigenvalue weighted by atomic mass is 10.1. The Morgan fingerprint density at radius 1 is 0.852 bits per heavy atom. The van der Waals surface area contributed by atoms with Gasteiger partial charge >= 0.3 is 0 Å². The van der Waals surface area contributed by atoms with Crippen LogP contribution in [0.1, 0.15) is 23.1 Å². The van der Waals surface area contributed by atoms with Crippen molar-refractivity contribution in [3.05, 3.63) is 102 Å². The average Bonchev–Trinajstić information content (AvgIpc) is 3.19. The highest BCUT2D eigenvalue weighted by Gasteiger charge is 2.21. The minimum Gasteiger partial charge on any atom is -0.418 e. The van der Waals surface area contributed by atoms with Gasteiger partial charge in [0.15, 0.2) is 0 Å². The van der Waals surface area contributed by atoms with Crippen molar-refractivity contribution in [1.29, 1.82) is 0 Å². The van der Waals surface area contributed by atoms with Crippen molar-refractivity contribution < 1.29 is 8.81 Å². The Hall–Kier alpha value is -3.47. The molecule has 0 fully saturated rings. The maximum Gasteiger partial charge on any atom is 0.247 e. The first-order chi connectivity index (χ1) is 13.2. The molecule has 0 amide bonds. The third-order valence-electron chi connectivity index (χ3n) is 4.27. The third-order valence-corrected chi connectivity index (χ3v) is 4.27. The first-order valence-corrected chi connectivity index (χ1v) is 8.66. The predicted octanol–water partition coefficient (Wildman–Crippen LogP) is 5.39. The van der Waals surface area contributed by atoms with E-state index in [1.165, 1.54) is 17.7 Å². The Morgan fingerprint density at radius 2 is 1.56 bits per heavy atom. The number of nitrogens with zero attached hydrogens (tertiary/aromatic N) is 2. The topological polar surface area (TPSA) is 51.0 Å². The molecule has 1 heterocycles. The van der Waals surface area contributed by atoms with E-state index in [2.05, 4.69) is 15.5 Å². The van der Waals surface area contributed by atoms with E-state index in [1.54, 1.807) is 12.1 Å². The molecule has 0 aliphatic carbocycles. The lowest BCUT2D eigenvalue weighted by Crippen LogP contribution is -2.13. The van der Waals surface area contributed by atoms with E-state index in [0.29, 0.717) is 11.8 Å². The highest BCUT2D eigenvalue weighted by molar-refractivity contribution is 5.53. The second-order valence-corrected chi connectivity index (χ2v) is 6.31. The van der Waals surface area contributed by atoms with Crippen LogP contribution in [0.5, 0.6) is 0 Å². The van der Waals surface area contributed by atoms with E-state index in [4.69, 9.17) is 4.42 Å². The SMILES string of the molecule is Cc1ccc(NC(c2ccc(F)cc2)c2nnc(-c3ccccc3)o2)cc1. The smallest absolute Gasteiger partial charge is 0.247 e. The molecular formula is C22H18FN3O. The number of hydrogen-bond acceptors (Lipinski definition) is 4. The molecule has 3 aromatic carbocycles. The van der Waals surface area contributed by atoms with Gasteiger partial charge < -0.3 is 9.73 Å². The number of halogens is 1. The van der Waals surface area contributed by atoms with Crippen LogP contribution in [0, 0.1) is 12.7 Å². The monoisotopic (exact) mass is 359 g/mol. The quantitative estimate of drug-likeness (QED) is 0.519. The molecule has 1 unspecified atom stereocenters. The van der Waals surface area contributed by atoms with Crippen LogP contribution in [0.3, 0.4) is 0 Å². The summed E-state index contributed by atoms with van der Waals surface area (Å²) in [4.78, 5) is 0. The van der Waals surface area contributed by atoms with E-state index < -0.39 is 6.04 Å². The minimum absolute atomic E-state index is 0.289. The van der Waals surface area contributed by atoms with Gasteiger partial charge in [0, 0.05) is 11.3 Å². The summed E-state index contributed by atoms with van der Waals surface area (Å²) >= 11 is 0. The summed E-state index contributed by atoms with van der Waals surface area (Å²) in [7, 11) is 0. The minimum atomic E-state index is -0.390. The van der Waals surface area contributed by atoms with Gasteiger partial charge in [-0.2, -0.15) is 0 Å². The van der Waals surface area contributed by atoms with Crippen molar-refractivity contribution in [3.8, 4) is 11.5 Å². The van der Waals surface area contributed by atoms with E-state index in [-0.39, 0.29) is 5.82 Å².